The fourth-order valence-corrected chi connectivity index (χ4v) is 6.29. The van der Waals surface area contributed by atoms with Crippen LogP contribution >= 0.6 is 0 Å². The van der Waals surface area contributed by atoms with Gasteiger partial charge in [0.15, 0.2) is 11.5 Å². The Balaban J connectivity index is 1.37. The van der Waals surface area contributed by atoms with Crippen LogP contribution in [0.25, 0.3) is 10.9 Å². The summed E-state index contributed by atoms with van der Waals surface area (Å²) >= 11 is 0. The normalized spacial score (nSPS) is 17.4. The van der Waals surface area contributed by atoms with E-state index in [-0.39, 0.29) is 16.7 Å². The molecule has 3 aromatic carbocycles. The number of ether oxygens (including phenoxy) is 2. The summed E-state index contributed by atoms with van der Waals surface area (Å²) in [4.78, 5) is 6.17. The van der Waals surface area contributed by atoms with Crippen LogP contribution in [0.2, 0.25) is 0 Å². The molecule has 2 aliphatic heterocycles. The number of nitrogens with one attached hydrogen (secondary N) is 1. The van der Waals surface area contributed by atoms with Gasteiger partial charge in [0.2, 0.25) is 0 Å². The SMILES string of the molecule is COc1ccc2[nH]c3c(c2c1)CC1c2cc(OC)c(OS(=O)(=O)c4ccccc4)cc2CCN1C3. The third-order valence-electron chi connectivity index (χ3n) is 7.09. The van der Waals surface area contributed by atoms with Crippen LogP contribution in [0.3, 0.4) is 0 Å². The molecule has 0 saturated carbocycles. The lowest BCUT2D eigenvalue weighted by Crippen LogP contribution is -2.39. The molecule has 0 radical (unpaired) electrons. The van der Waals surface area contributed by atoms with Crippen molar-refractivity contribution in [2.75, 3.05) is 20.8 Å². The molecule has 2 aliphatic rings. The fourth-order valence-electron chi connectivity index (χ4n) is 5.34. The van der Waals surface area contributed by atoms with Crippen LogP contribution in [0, 0.1) is 0 Å². The van der Waals surface area contributed by atoms with E-state index in [9.17, 15) is 8.42 Å². The average Bonchev–Trinajstić information content (AvgIpc) is 3.24. The molecular formula is C27H26N2O5S. The number of hydrogen-bond acceptors (Lipinski definition) is 6. The first kappa shape index (κ1) is 22.0. The Morgan fingerprint density at radius 1 is 0.971 bits per heavy atom. The number of rotatable bonds is 5. The largest absolute Gasteiger partial charge is 0.497 e. The van der Waals surface area contributed by atoms with Crippen LogP contribution in [-0.4, -0.2) is 39.1 Å². The van der Waals surface area contributed by atoms with Gasteiger partial charge in [-0.1, -0.05) is 18.2 Å². The predicted molar refractivity (Wildman–Crippen MR) is 133 cm³/mol. The Labute approximate surface area is 204 Å². The van der Waals surface area contributed by atoms with E-state index in [2.05, 4.69) is 22.0 Å². The van der Waals surface area contributed by atoms with Gasteiger partial charge < -0.3 is 18.6 Å². The quantitative estimate of drug-likeness (QED) is 0.412. The molecule has 6 rings (SSSR count). The Morgan fingerprint density at radius 3 is 2.57 bits per heavy atom. The summed E-state index contributed by atoms with van der Waals surface area (Å²) in [7, 11) is -0.745. The molecular weight excluding hydrogens is 464 g/mol. The van der Waals surface area contributed by atoms with E-state index in [0.29, 0.717) is 5.75 Å². The van der Waals surface area contributed by atoms with Crippen molar-refractivity contribution in [1.82, 2.24) is 9.88 Å². The van der Waals surface area contributed by atoms with Gasteiger partial charge in [0, 0.05) is 35.7 Å². The minimum Gasteiger partial charge on any atom is -0.497 e. The van der Waals surface area contributed by atoms with Crippen molar-refractivity contribution >= 4 is 21.0 Å². The minimum absolute atomic E-state index is 0.112. The van der Waals surface area contributed by atoms with E-state index in [1.807, 2.05) is 18.2 Å². The second-order valence-electron chi connectivity index (χ2n) is 8.99. The maximum absolute atomic E-state index is 12.9. The molecule has 0 saturated heterocycles. The fraction of sp³-hybridized carbons (Fsp3) is 0.259. The van der Waals surface area contributed by atoms with Crippen LogP contribution in [0.4, 0.5) is 0 Å². The lowest BCUT2D eigenvalue weighted by atomic mass is 9.85. The monoisotopic (exact) mass is 490 g/mol. The molecule has 1 atom stereocenters. The van der Waals surface area contributed by atoms with Gasteiger partial charge in [-0.15, -0.1) is 0 Å². The predicted octanol–water partition coefficient (Wildman–Crippen LogP) is 4.61. The Kier molecular flexibility index (Phi) is 5.23. The Bertz CT molecular complexity index is 1530. The maximum atomic E-state index is 12.9. The molecule has 0 spiro atoms. The smallest absolute Gasteiger partial charge is 0.339 e. The van der Waals surface area contributed by atoms with Gasteiger partial charge in [0.1, 0.15) is 10.6 Å². The summed E-state index contributed by atoms with van der Waals surface area (Å²) in [5, 5.41) is 1.19. The molecule has 1 unspecified atom stereocenters. The zero-order valence-electron chi connectivity index (χ0n) is 19.6. The van der Waals surface area contributed by atoms with Crippen molar-refractivity contribution in [3.63, 3.8) is 0 Å². The van der Waals surface area contributed by atoms with Gasteiger partial charge in [-0.25, -0.2) is 0 Å². The number of nitrogens with zero attached hydrogens (tertiary/aromatic N) is 1. The van der Waals surface area contributed by atoms with Crippen molar-refractivity contribution in [1.29, 1.82) is 0 Å². The number of fused-ring (bicyclic) bond motifs is 6. The first-order valence-corrected chi connectivity index (χ1v) is 13.0. The zero-order valence-corrected chi connectivity index (χ0v) is 20.4. The molecule has 4 aromatic rings. The van der Waals surface area contributed by atoms with E-state index < -0.39 is 10.1 Å². The summed E-state index contributed by atoms with van der Waals surface area (Å²) < 4.78 is 42.3. The van der Waals surface area contributed by atoms with E-state index >= 15 is 0 Å². The molecule has 180 valence electrons. The van der Waals surface area contributed by atoms with Crippen LogP contribution < -0.4 is 13.7 Å². The van der Waals surface area contributed by atoms with Crippen LogP contribution in [0.15, 0.2) is 65.6 Å². The van der Waals surface area contributed by atoms with E-state index in [0.717, 1.165) is 48.3 Å². The summed E-state index contributed by atoms with van der Waals surface area (Å²) in [6.07, 6.45) is 1.65. The van der Waals surface area contributed by atoms with Crippen LogP contribution in [0.1, 0.15) is 28.4 Å². The molecule has 0 bridgehead atoms. The molecule has 8 heteroatoms. The van der Waals surface area contributed by atoms with E-state index in [4.69, 9.17) is 13.7 Å². The third-order valence-corrected chi connectivity index (χ3v) is 8.33. The standard InChI is InChI=1S/C27H26N2O5S/c1-32-18-8-9-23-21(13-18)22-14-25-20-15-26(33-2)27(34-35(30,31)19-6-4-3-5-7-19)12-17(20)10-11-29(25)16-24(22)28-23/h3-9,12-13,15,25,28H,10-11,14,16H2,1-2H3. The molecule has 35 heavy (non-hydrogen) atoms. The van der Waals surface area contributed by atoms with Gasteiger partial charge in [-0.3, -0.25) is 4.90 Å². The summed E-state index contributed by atoms with van der Waals surface area (Å²) in [6.45, 7) is 1.71. The summed E-state index contributed by atoms with van der Waals surface area (Å²) in [5.41, 5.74) is 5.91. The van der Waals surface area contributed by atoms with Crippen molar-refractivity contribution in [2.45, 2.75) is 30.3 Å². The highest BCUT2D eigenvalue weighted by Crippen LogP contribution is 2.44. The van der Waals surface area contributed by atoms with Crippen molar-refractivity contribution in [3.8, 4) is 17.2 Å². The van der Waals surface area contributed by atoms with E-state index in [1.165, 1.54) is 35.9 Å². The van der Waals surface area contributed by atoms with Gasteiger partial charge in [-0.05, 0) is 72.0 Å². The van der Waals surface area contributed by atoms with Gasteiger partial charge in [0.05, 0.1) is 14.2 Å². The number of aromatic nitrogens is 1. The highest BCUT2D eigenvalue weighted by Gasteiger charge is 2.35. The molecule has 1 N–H and O–H groups in total. The van der Waals surface area contributed by atoms with Crippen molar-refractivity contribution in [3.05, 3.63) is 83.0 Å². The van der Waals surface area contributed by atoms with Crippen LogP contribution in [-0.2, 0) is 29.5 Å². The van der Waals surface area contributed by atoms with Crippen molar-refractivity contribution in [2.24, 2.45) is 0 Å². The Hall–Kier alpha value is -3.49. The highest BCUT2D eigenvalue weighted by atomic mass is 32.2. The summed E-state index contributed by atoms with van der Waals surface area (Å²) in [6, 6.07) is 18.2. The lowest BCUT2D eigenvalue weighted by molar-refractivity contribution is 0.159. The third kappa shape index (κ3) is 3.73. The van der Waals surface area contributed by atoms with Gasteiger partial charge in [0.25, 0.3) is 0 Å². The minimum atomic E-state index is -3.97. The van der Waals surface area contributed by atoms with E-state index in [1.54, 1.807) is 25.3 Å². The number of H-pyrrole nitrogens is 1. The van der Waals surface area contributed by atoms with Gasteiger partial charge >= 0.3 is 10.1 Å². The average molecular weight is 491 g/mol. The number of hydrogen-bond donors (Lipinski definition) is 1. The molecule has 0 aliphatic carbocycles. The number of aromatic amines is 1. The first-order valence-electron chi connectivity index (χ1n) is 11.6. The molecule has 0 amide bonds. The van der Waals surface area contributed by atoms with Crippen molar-refractivity contribution < 1.29 is 22.1 Å². The number of methoxy groups -OCH3 is 2. The second-order valence-corrected chi connectivity index (χ2v) is 10.5. The molecule has 0 fully saturated rings. The molecule has 3 heterocycles. The lowest BCUT2D eigenvalue weighted by Gasteiger charge is -2.40. The summed E-state index contributed by atoms with van der Waals surface area (Å²) in [5.74, 6) is 1.47. The highest BCUT2D eigenvalue weighted by molar-refractivity contribution is 7.87. The topological polar surface area (TPSA) is 80.9 Å². The Morgan fingerprint density at radius 2 is 1.80 bits per heavy atom. The second kappa shape index (κ2) is 8.32. The van der Waals surface area contributed by atoms with Gasteiger partial charge in [-0.2, -0.15) is 8.42 Å². The molecule has 1 aromatic heterocycles. The first-order chi connectivity index (χ1) is 17.0. The van der Waals surface area contributed by atoms with Crippen LogP contribution in [0.5, 0.6) is 17.2 Å². The molecule has 7 nitrogen and oxygen atoms in total. The maximum Gasteiger partial charge on any atom is 0.339 e. The zero-order chi connectivity index (χ0) is 24.2. The number of benzene rings is 3.